The van der Waals surface area contributed by atoms with E-state index in [9.17, 15) is 4.79 Å². The zero-order valence-electron chi connectivity index (χ0n) is 20.6. The number of esters is 1. The number of hydrogen-bond acceptors (Lipinski definition) is 7. The molecule has 0 spiro atoms. The van der Waals surface area contributed by atoms with Crippen LogP contribution < -0.4 is 0 Å². The van der Waals surface area contributed by atoms with Gasteiger partial charge in [0.2, 0.25) is 0 Å². The Labute approximate surface area is 200 Å². The molecule has 2 rings (SSSR count). The topological polar surface area (TPSA) is 72.5 Å². The Balaban J connectivity index is 2.05. The quantitative estimate of drug-likeness (QED) is 0.203. The van der Waals surface area contributed by atoms with Gasteiger partial charge < -0.3 is 27.5 Å². The summed E-state index contributed by atoms with van der Waals surface area (Å²) in [6.07, 6.45) is 10.4. The summed E-state index contributed by atoms with van der Waals surface area (Å²) in [4.78, 5) is 12.1. The van der Waals surface area contributed by atoms with E-state index < -0.39 is 18.3 Å². The first-order chi connectivity index (χ1) is 15.3. The molecule has 0 aliphatic carbocycles. The van der Waals surface area contributed by atoms with Crippen molar-refractivity contribution in [2.75, 3.05) is 34.5 Å². The lowest BCUT2D eigenvalue weighted by Gasteiger charge is -2.41. The molecule has 7 nitrogen and oxygen atoms in total. The highest BCUT2D eigenvalue weighted by molar-refractivity contribution is 6.62. The standard InChI is InChI=1S/C22H44O7Si3/c1-5-20(23)29-19(10-13-21(30)11-6-8-14-27-21)18-22(12-7-9-15-28-22)31-16-17-32(24-2,25-3)26-4/h5,19H,1,6-18,31H2,2-4,30H3. The summed E-state index contributed by atoms with van der Waals surface area (Å²) >= 11 is 0. The van der Waals surface area contributed by atoms with Crippen molar-refractivity contribution in [2.45, 2.75) is 86.4 Å². The minimum Gasteiger partial charge on any atom is -0.459 e. The van der Waals surface area contributed by atoms with Crippen molar-refractivity contribution in [1.82, 2.24) is 0 Å². The van der Waals surface area contributed by atoms with E-state index in [0.717, 1.165) is 86.9 Å². The summed E-state index contributed by atoms with van der Waals surface area (Å²) in [7, 11) is 2.74. The van der Waals surface area contributed by atoms with Gasteiger partial charge in [-0.2, -0.15) is 0 Å². The fraction of sp³-hybridized carbons (Fsp3) is 0.864. The maximum absolute atomic E-state index is 12.1. The van der Waals surface area contributed by atoms with Crippen LogP contribution in [0.1, 0.15) is 57.8 Å². The highest BCUT2D eigenvalue weighted by Gasteiger charge is 2.41. The average molecular weight is 505 g/mol. The van der Waals surface area contributed by atoms with E-state index in [-0.39, 0.29) is 22.5 Å². The van der Waals surface area contributed by atoms with Crippen molar-refractivity contribution < 1.29 is 32.3 Å². The minimum absolute atomic E-state index is 0.00962. The predicted molar refractivity (Wildman–Crippen MR) is 134 cm³/mol. The van der Waals surface area contributed by atoms with Gasteiger partial charge in [-0.05, 0) is 51.4 Å². The second kappa shape index (κ2) is 13.5. The van der Waals surface area contributed by atoms with E-state index in [2.05, 4.69) is 6.58 Å². The predicted octanol–water partition coefficient (Wildman–Crippen LogP) is 1.88. The lowest BCUT2D eigenvalue weighted by molar-refractivity contribution is -0.148. The molecule has 0 amide bonds. The largest absolute Gasteiger partial charge is 0.499 e. The van der Waals surface area contributed by atoms with Crippen LogP contribution >= 0.6 is 0 Å². The molecule has 2 aliphatic heterocycles. The van der Waals surface area contributed by atoms with Crippen LogP contribution in [0.2, 0.25) is 12.1 Å². The summed E-state index contributed by atoms with van der Waals surface area (Å²) in [5.41, 5.74) is 0. The fourth-order valence-corrected chi connectivity index (χ4v) is 11.4. The van der Waals surface area contributed by atoms with Crippen molar-refractivity contribution in [3.05, 3.63) is 12.7 Å². The Morgan fingerprint density at radius 2 is 1.78 bits per heavy atom. The van der Waals surface area contributed by atoms with Crippen LogP contribution in [0.4, 0.5) is 0 Å². The summed E-state index contributed by atoms with van der Waals surface area (Å²) in [6, 6.07) is 1.81. The Morgan fingerprint density at radius 3 is 2.31 bits per heavy atom. The van der Waals surface area contributed by atoms with Gasteiger partial charge in [0.05, 0.1) is 14.7 Å². The van der Waals surface area contributed by atoms with E-state index in [1.54, 1.807) is 21.3 Å². The number of rotatable bonds is 14. The number of carbonyl (C=O) groups is 1. The normalized spacial score (nSPS) is 28.1. The molecule has 2 fully saturated rings. The molecule has 0 aromatic rings. The molecule has 0 radical (unpaired) electrons. The molecular weight excluding hydrogens is 460 g/mol. The first kappa shape index (κ1) is 27.9. The van der Waals surface area contributed by atoms with E-state index >= 15 is 0 Å². The van der Waals surface area contributed by atoms with Crippen LogP contribution in [0.5, 0.6) is 0 Å². The molecule has 2 saturated heterocycles. The first-order valence-electron chi connectivity index (χ1n) is 12.1. The van der Waals surface area contributed by atoms with Gasteiger partial charge in [-0.3, -0.25) is 0 Å². The fourth-order valence-electron chi connectivity index (χ4n) is 5.04. The van der Waals surface area contributed by atoms with Crippen LogP contribution in [0.15, 0.2) is 12.7 Å². The second-order valence-corrected chi connectivity index (χ2v) is 16.8. The zero-order valence-corrected chi connectivity index (χ0v) is 25.0. The van der Waals surface area contributed by atoms with Crippen LogP contribution in [0.25, 0.3) is 0 Å². The summed E-state index contributed by atoms with van der Waals surface area (Å²) in [5.74, 6) is -0.348. The molecule has 2 aliphatic rings. The molecule has 0 N–H and O–H groups in total. The van der Waals surface area contributed by atoms with Crippen molar-refractivity contribution in [3.63, 3.8) is 0 Å². The van der Waals surface area contributed by atoms with Crippen molar-refractivity contribution in [3.8, 4) is 0 Å². The molecular formula is C22H44O7Si3. The summed E-state index contributed by atoms with van der Waals surface area (Å²) in [6.45, 7) is 5.23. The van der Waals surface area contributed by atoms with E-state index in [4.69, 9.17) is 27.5 Å². The van der Waals surface area contributed by atoms with Gasteiger partial charge in [0.25, 0.3) is 0 Å². The molecule has 0 aromatic carbocycles. The maximum atomic E-state index is 12.1. The third kappa shape index (κ3) is 8.46. The van der Waals surface area contributed by atoms with E-state index in [1.165, 1.54) is 12.5 Å². The number of hydrogen-bond donors (Lipinski definition) is 0. The maximum Gasteiger partial charge on any atom is 0.499 e. The Morgan fingerprint density at radius 1 is 1.12 bits per heavy atom. The molecule has 10 heteroatoms. The van der Waals surface area contributed by atoms with Gasteiger partial charge in [0, 0.05) is 68.6 Å². The van der Waals surface area contributed by atoms with E-state index in [1.807, 2.05) is 0 Å². The van der Waals surface area contributed by atoms with Crippen molar-refractivity contribution in [2.24, 2.45) is 0 Å². The van der Waals surface area contributed by atoms with E-state index in [0.29, 0.717) is 0 Å². The SMILES string of the molecule is C=CC(=O)OC(CCC1([SiH3])CCCCO1)CC1([SiH2]CC[Si](OC)(OC)OC)CCCCO1. The lowest BCUT2D eigenvalue weighted by atomic mass is 9.96. The van der Waals surface area contributed by atoms with Gasteiger partial charge in [0.1, 0.15) is 6.10 Å². The highest BCUT2D eigenvalue weighted by Crippen LogP contribution is 2.34. The first-order valence-corrected chi connectivity index (χ1v) is 16.7. The Hall–Kier alpha value is -0.339. The third-order valence-electron chi connectivity index (χ3n) is 7.08. The number of ether oxygens (including phenoxy) is 3. The minimum atomic E-state index is -2.59. The zero-order chi connectivity index (χ0) is 23.5. The van der Waals surface area contributed by atoms with Crippen LogP contribution in [-0.4, -0.2) is 85.6 Å². The summed E-state index contributed by atoms with van der Waals surface area (Å²) < 4.78 is 35.3. The molecule has 186 valence electrons. The van der Waals surface area contributed by atoms with Crippen molar-refractivity contribution >= 4 is 34.5 Å². The van der Waals surface area contributed by atoms with Gasteiger partial charge in [-0.1, -0.05) is 12.6 Å². The molecule has 32 heavy (non-hydrogen) atoms. The molecule has 2 heterocycles. The smallest absolute Gasteiger partial charge is 0.459 e. The molecule has 0 bridgehead atoms. The Bertz CT molecular complexity index is 566. The Kier molecular flexibility index (Phi) is 11.8. The molecule has 3 unspecified atom stereocenters. The lowest BCUT2D eigenvalue weighted by Crippen LogP contribution is -2.48. The number of carbonyl (C=O) groups excluding carboxylic acids is 1. The molecule has 0 saturated carbocycles. The van der Waals surface area contributed by atoms with Crippen LogP contribution in [0.3, 0.4) is 0 Å². The summed E-state index contributed by atoms with van der Waals surface area (Å²) in [5, 5.41) is -0.152. The van der Waals surface area contributed by atoms with Crippen LogP contribution in [-0.2, 0) is 32.3 Å². The van der Waals surface area contributed by atoms with Gasteiger partial charge in [0.15, 0.2) is 0 Å². The monoisotopic (exact) mass is 504 g/mol. The average Bonchev–Trinajstić information content (AvgIpc) is 2.82. The van der Waals surface area contributed by atoms with Gasteiger partial charge in [-0.25, -0.2) is 4.79 Å². The molecule has 0 aromatic heterocycles. The van der Waals surface area contributed by atoms with Gasteiger partial charge in [-0.15, -0.1) is 0 Å². The second-order valence-electron chi connectivity index (χ2n) is 9.40. The van der Waals surface area contributed by atoms with Crippen LogP contribution in [0, 0.1) is 0 Å². The molecule has 3 atom stereocenters. The third-order valence-corrected chi connectivity index (χ3v) is 14.4. The van der Waals surface area contributed by atoms with Crippen molar-refractivity contribution in [1.29, 1.82) is 0 Å². The van der Waals surface area contributed by atoms with Gasteiger partial charge >= 0.3 is 14.8 Å². The highest BCUT2D eigenvalue weighted by atomic mass is 28.4.